The van der Waals surface area contributed by atoms with Crippen molar-refractivity contribution in [2.45, 2.75) is 17.1 Å². The number of para-hydroxylation sites is 1. The average Bonchev–Trinajstić information content (AvgIpc) is 2.36. The highest BCUT2D eigenvalue weighted by Crippen LogP contribution is 2.30. The second kappa shape index (κ2) is 5.34. The quantitative estimate of drug-likeness (QED) is 0.789. The van der Waals surface area contributed by atoms with E-state index >= 15 is 0 Å². The molecule has 20 heavy (non-hydrogen) atoms. The van der Waals surface area contributed by atoms with Gasteiger partial charge in [-0.3, -0.25) is 0 Å². The van der Waals surface area contributed by atoms with Crippen molar-refractivity contribution < 1.29 is 21.6 Å². The lowest BCUT2D eigenvalue weighted by molar-refractivity contribution is 0.307. The molecule has 1 saturated heterocycles. The molecule has 0 amide bonds. The van der Waals surface area contributed by atoms with Gasteiger partial charge < -0.3 is 4.74 Å². The van der Waals surface area contributed by atoms with Gasteiger partial charge in [0, 0.05) is 18.8 Å². The molecule has 0 unspecified atom stereocenters. The molecule has 112 valence electrons. The number of methoxy groups -OCH3 is 1. The molecule has 0 saturated carbocycles. The molecule has 0 aromatic heterocycles. The Kier molecular flexibility index (Phi) is 4.08. The zero-order chi connectivity index (χ0) is 15.0. The van der Waals surface area contributed by atoms with Crippen LogP contribution in [-0.2, 0) is 19.9 Å². The molecule has 1 heterocycles. The number of hydrogen-bond acceptors (Lipinski definition) is 5. The highest BCUT2D eigenvalue weighted by molar-refractivity contribution is 7.92. The summed E-state index contributed by atoms with van der Waals surface area (Å²) in [4.78, 5) is 0.0647. The number of ether oxygens (including phenoxy) is 1. The number of benzene rings is 1. The molecule has 1 aliphatic heterocycles. The predicted molar refractivity (Wildman–Crippen MR) is 75.0 cm³/mol. The number of rotatable bonds is 5. The van der Waals surface area contributed by atoms with Gasteiger partial charge in [-0.1, -0.05) is 19.1 Å². The first-order valence-corrected chi connectivity index (χ1v) is 9.33. The van der Waals surface area contributed by atoms with E-state index in [9.17, 15) is 16.8 Å². The van der Waals surface area contributed by atoms with Gasteiger partial charge in [0.1, 0.15) is 10.6 Å². The maximum absolute atomic E-state index is 12.4. The maximum atomic E-state index is 12.4. The molecular formula is C12H17NO5S2. The zero-order valence-electron chi connectivity index (χ0n) is 11.3. The fourth-order valence-electron chi connectivity index (χ4n) is 2.03. The third-order valence-electron chi connectivity index (χ3n) is 3.41. The second-order valence-corrected chi connectivity index (χ2v) is 9.02. The summed E-state index contributed by atoms with van der Waals surface area (Å²) in [6, 6.07) is 6.30. The van der Waals surface area contributed by atoms with Gasteiger partial charge in [0.05, 0.1) is 12.4 Å². The Hall–Kier alpha value is -1.12. The van der Waals surface area contributed by atoms with Crippen LogP contribution in [0.1, 0.15) is 6.92 Å². The third-order valence-corrected chi connectivity index (χ3v) is 7.40. The van der Waals surface area contributed by atoms with E-state index in [2.05, 4.69) is 0 Å². The highest BCUT2D eigenvalue weighted by Gasteiger charge is 2.43. The molecule has 0 bridgehead atoms. The summed E-state index contributed by atoms with van der Waals surface area (Å²) in [5.74, 6) is 0.287. The summed E-state index contributed by atoms with van der Waals surface area (Å²) in [5.41, 5.74) is 0. The van der Waals surface area contributed by atoms with Crippen molar-refractivity contribution in [1.29, 1.82) is 0 Å². The van der Waals surface area contributed by atoms with Crippen LogP contribution < -0.4 is 4.74 Å². The van der Waals surface area contributed by atoms with E-state index < -0.39 is 25.1 Å². The second-order valence-electron chi connectivity index (χ2n) is 4.55. The third kappa shape index (κ3) is 2.55. The van der Waals surface area contributed by atoms with Gasteiger partial charge in [-0.05, 0) is 12.1 Å². The Morgan fingerprint density at radius 2 is 1.80 bits per heavy atom. The van der Waals surface area contributed by atoms with Gasteiger partial charge in [-0.15, -0.1) is 0 Å². The SMILES string of the molecule is CCS(=O)(=O)C1CN(S(=O)(=O)c2ccccc2OC)C1. The van der Waals surface area contributed by atoms with Crippen LogP contribution in [0.4, 0.5) is 0 Å². The Balaban J connectivity index is 2.23. The molecule has 0 spiro atoms. The van der Waals surface area contributed by atoms with E-state index in [4.69, 9.17) is 4.74 Å². The summed E-state index contributed by atoms with van der Waals surface area (Å²) in [6.07, 6.45) is 0. The first-order valence-electron chi connectivity index (χ1n) is 6.17. The first-order chi connectivity index (χ1) is 9.32. The molecule has 1 aromatic rings. The number of nitrogens with zero attached hydrogens (tertiary/aromatic N) is 1. The average molecular weight is 319 g/mol. The summed E-state index contributed by atoms with van der Waals surface area (Å²) < 4.78 is 54.4. The number of sulfone groups is 1. The molecule has 1 fully saturated rings. The Labute approximate surface area is 119 Å². The fraction of sp³-hybridized carbons (Fsp3) is 0.500. The fourth-order valence-corrected chi connectivity index (χ4v) is 5.19. The van der Waals surface area contributed by atoms with Crippen molar-refractivity contribution in [1.82, 2.24) is 4.31 Å². The van der Waals surface area contributed by atoms with Crippen LogP contribution in [0.5, 0.6) is 5.75 Å². The molecule has 1 aliphatic rings. The molecule has 6 nitrogen and oxygen atoms in total. The molecule has 2 rings (SSSR count). The van der Waals surface area contributed by atoms with Gasteiger partial charge in [0.15, 0.2) is 9.84 Å². The van der Waals surface area contributed by atoms with Crippen molar-refractivity contribution in [3.8, 4) is 5.75 Å². The smallest absolute Gasteiger partial charge is 0.246 e. The van der Waals surface area contributed by atoms with Crippen molar-refractivity contribution in [2.75, 3.05) is 26.0 Å². The van der Waals surface area contributed by atoms with E-state index in [0.717, 1.165) is 0 Å². The minimum atomic E-state index is -3.70. The standard InChI is InChI=1S/C12H17NO5S2/c1-3-19(14,15)10-8-13(9-10)20(16,17)12-7-5-4-6-11(12)18-2/h4-7,10H,3,8-9H2,1-2H3. The number of hydrogen-bond donors (Lipinski definition) is 0. The van der Waals surface area contributed by atoms with Crippen LogP contribution >= 0.6 is 0 Å². The minimum Gasteiger partial charge on any atom is -0.495 e. The van der Waals surface area contributed by atoms with Crippen molar-refractivity contribution >= 4 is 19.9 Å². The van der Waals surface area contributed by atoms with Crippen LogP contribution in [0.15, 0.2) is 29.2 Å². The summed E-state index contributed by atoms with van der Waals surface area (Å²) >= 11 is 0. The number of sulfonamides is 1. The molecule has 0 aliphatic carbocycles. The molecule has 0 radical (unpaired) electrons. The van der Waals surface area contributed by atoms with E-state index in [-0.39, 0.29) is 29.5 Å². The van der Waals surface area contributed by atoms with Gasteiger partial charge in [0.2, 0.25) is 10.0 Å². The molecular weight excluding hydrogens is 302 g/mol. The Morgan fingerprint density at radius 1 is 1.20 bits per heavy atom. The minimum absolute atomic E-state index is 0.0105. The van der Waals surface area contributed by atoms with Crippen LogP contribution in [0.2, 0.25) is 0 Å². The van der Waals surface area contributed by atoms with Crippen LogP contribution in [-0.4, -0.2) is 52.3 Å². The van der Waals surface area contributed by atoms with Crippen LogP contribution in [0.25, 0.3) is 0 Å². The van der Waals surface area contributed by atoms with Crippen molar-refractivity contribution in [3.05, 3.63) is 24.3 Å². The first kappa shape index (κ1) is 15.3. The van der Waals surface area contributed by atoms with Crippen molar-refractivity contribution in [2.24, 2.45) is 0 Å². The van der Waals surface area contributed by atoms with E-state index in [1.807, 2.05) is 0 Å². The van der Waals surface area contributed by atoms with E-state index in [1.165, 1.54) is 17.5 Å². The summed E-state index contributed by atoms with van der Waals surface area (Å²) in [7, 11) is -5.49. The molecule has 1 aromatic carbocycles. The highest BCUT2D eigenvalue weighted by atomic mass is 32.2. The molecule has 8 heteroatoms. The van der Waals surface area contributed by atoms with Gasteiger partial charge in [-0.25, -0.2) is 16.8 Å². The lowest BCUT2D eigenvalue weighted by Gasteiger charge is -2.37. The molecule has 0 atom stereocenters. The van der Waals surface area contributed by atoms with Crippen molar-refractivity contribution in [3.63, 3.8) is 0 Å². The van der Waals surface area contributed by atoms with E-state index in [1.54, 1.807) is 25.1 Å². The normalized spacial score (nSPS) is 17.7. The monoisotopic (exact) mass is 319 g/mol. The zero-order valence-corrected chi connectivity index (χ0v) is 12.9. The lowest BCUT2D eigenvalue weighted by Crippen LogP contribution is -2.57. The Morgan fingerprint density at radius 3 is 2.35 bits per heavy atom. The predicted octanol–water partition coefficient (Wildman–Crippen LogP) is 0.503. The summed E-state index contributed by atoms with van der Waals surface area (Å²) in [6.45, 7) is 1.58. The molecule has 0 N–H and O–H groups in total. The van der Waals surface area contributed by atoms with Gasteiger partial charge in [0.25, 0.3) is 0 Å². The Bertz CT molecular complexity index is 690. The maximum Gasteiger partial charge on any atom is 0.246 e. The summed E-state index contributed by atoms with van der Waals surface area (Å²) in [5, 5.41) is -0.600. The van der Waals surface area contributed by atoms with Gasteiger partial charge >= 0.3 is 0 Å². The van der Waals surface area contributed by atoms with Gasteiger partial charge in [-0.2, -0.15) is 4.31 Å². The largest absolute Gasteiger partial charge is 0.495 e. The van der Waals surface area contributed by atoms with Crippen LogP contribution in [0, 0.1) is 0 Å². The lowest BCUT2D eigenvalue weighted by atomic mass is 10.3. The van der Waals surface area contributed by atoms with E-state index in [0.29, 0.717) is 0 Å². The van der Waals surface area contributed by atoms with Crippen LogP contribution in [0.3, 0.4) is 0 Å². The topological polar surface area (TPSA) is 80.8 Å².